The zero-order valence-electron chi connectivity index (χ0n) is 12.4. The minimum Gasteiger partial charge on any atom is -0.273 e. The molecule has 0 atom stereocenters. The summed E-state index contributed by atoms with van der Waals surface area (Å²) in [5, 5.41) is 4.80. The van der Waals surface area contributed by atoms with E-state index in [1.54, 1.807) is 28.9 Å². The molecular formula is C15H17ClN4O2. The van der Waals surface area contributed by atoms with Crippen molar-refractivity contribution < 1.29 is 9.59 Å². The largest absolute Gasteiger partial charge is 0.273 e. The Morgan fingerprint density at radius 1 is 1.14 bits per heavy atom. The molecule has 2 aromatic rings. The van der Waals surface area contributed by atoms with Crippen molar-refractivity contribution in [2.24, 2.45) is 0 Å². The zero-order chi connectivity index (χ0) is 16.1. The molecule has 0 saturated carbocycles. The first kappa shape index (κ1) is 16.0. The van der Waals surface area contributed by atoms with Crippen molar-refractivity contribution in [2.75, 3.05) is 0 Å². The Bertz CT molecular complexity index is 679. The Hall–Kier alpha value is -2.34. The summed E-state index contributed by atoms with van der Waals surface area (Å²) < 4.78 is 1.58. The monoisotopic (exact) mass is 320 g/mol. The number of rotatable bonds is 4. The fourth-order valence-corrected chi connectivity index (χ4v) is 2.11. The SMILES string of the molecule is Cc1cc(C)n(CC(=O)NNC(=O)Cc2ccc(Cl)cc2)n1. The average molecular weight is 321 g/mol. The molecule has 0 radical (unpaired) electrons. The van der Waals surface area contributed by atoms with Gasteiger partial charge in [-0.3, -0.25) is 25.1 Å². The van der Waals surface area contributed by atoms with E-state index in [4.69, 9.17) is 11.6 Å². The number of carbonyl (C=O) groups is 2. The van der Waals surface area contributed by atoms with Gasteiger partial charge in [-0.25, -0.2) is 0 Å². The molecule has 0 aliphatic rings. The summed E-state index contributed by atoms with van der Waals surface area (Å²) in [5.41, 5.74) is 7.30. The summed E-state index contributed by atoms with van der Waals surface area (Å²) >= 11 is 5.78. The third kappa shape index (κ3) is 4.60. The molecule has 1 aromatic heterocycles. The number of carbonyl (C=O) groups excluding carboxylic acids is 2. The second-order valence-corrected chi connectivity index (χ2v) is 5.42. The third-order valence-corrected chi connectivity index (χ3v) is 3.27. The van der Waals surface area contributed by atoms with Crippen LogP contribution in [-0.2, 0) is 22.6 Å². The number of nitrogens with zero attached hydrogens (tertiary/aromatic N) is 2. The van der Waals surface area contributed by atoms with Gasteiger partial charge < -0.3 is 0 Å². The highest BCUT2D eigenvalue weighted by Gasteiger charge is 2.09. The molecule has 1 aromatic carbocycles. The maximum atomic E-state index is 11.8. The summed E-state index contributed by atoms with van der Waals surface area (Å²) in [7, 11) is 0. The van der Waals surface area contributed by atoms with Crippen LogP contribution in [0.4, 0.5) is 0 Å². The third-order valence-electron chi connectivity index (χ3n) is 3.02. The molecule has 2 N–H and O–H groups in total. The molecular weight excluding hydrogens is 304 g/mol. The van der Waals surface area contributed by atoms with Gasteiger partial charge in [0.2, 0.25) is 5.91 Å². The van der Waals surface area contributed by atoms with Crippen LogP contribution in [0, 0.1) is 13.8 Å². The van der Waals surface area contributed by atoms with Crippen molar-refractivity contribution in [3.05, 3.63) is 52.3 Å². The number of aryl methyl sites for hydroxylation is 2. The second kappa shape index (κ2) is 7.09. The summed E-state index contributed by atoms with van der Waals surface area (Å²) in [6, 6.07) is 8.84. The van der Waals surface area contributed by atoms with Crippen LogP contribution in [0.1, 0.15) is 17.0 Å². The minimum absolute atomic E-state index is 0.0564. The summed E-state index contributed by atoms with van der Waals surface area (Å²) in [6.45, 7) is 3.78. The molecule has 1 heterocycles. The van der Waals surface area contributed by atoms with Crippen LogP contribution >= 0.6 is 11.6 Å². The number of hydrazine groups is 1. The lowest BCUT2D eigenvalue weighted by Crippen LogP contribution is -2.44. The molecule has 0 fully saturated rings. The highest BCUT2D eigenvalue weighted by Crippen LogP contribution is 2.09. The Labute approximate surface area is 133 Å². The Kier molecular flexibility index (Phi) is 5.16. The lowest BCUT2D eigenvalue weighted by atomic mass is 10.1. The van der Waals surface area contributed by atoms with E-state index in [-0.39, 0.29) is 24.8 Å². The van der Waals surface area contributed by atoms with Crippen molar-refractivity contribution in [1.82, 2.24) is 20.6 Å². The van der Waals surface area contributed by atoms with Crippen LogP contribution in [-0.4, -0.2) is 21.6 Å². The molecule has 0 saturated heterocycles. The number of nitrogens with one attached hydrogen (secondary N) is 2. The van der Waals surface area contributed by atoms with E-state index in [0.29, 0.717) is 5.02 Å². The number of hydrogen-bond donors (Lipinski definition) is 2. The quantitative estimate of drug-likeness (QED) is 0.839. The van der Waals surface area contributed by atoms with E-state index in [2.05, 4.69) is 16.0 Å². The van der Waals surface area contributed by atoms with Crippen molar-refractivity contribution in [3.63, 3.8) is 0 Å². The molecule has 0 spiro atoms. The predicted octanol–water partition coefficient (Wildman–Crippen LogP) is 1.54. The van der Waals surface area contributed by atoms with Gasteiger partial charge in [0.05, 0.1) is 12.1 Å². The van der Waals surface area contributed by atoms with E-state index < -0.39 is 0 Å². The predicted molar refractivity (Wildman–Crippen MR) is 83.1 cm³/mol. The number of hydrogen-bond acceptors (Lipinski definition) is 3. The first-order valence-electron chi connectivity index (χ1n) is 6.77. The van der Waals surface area contributed by atoms with Gasteiger partial charge in [0, 0.05) is 10.7 Å². The molecule has 22 heavy (non-hydrogen) atoms. The van der Waals surface area contributed by atoms with Crippen LogP contribution in [0.3, 0.4) is 0 Å². The van der Waals surface area contributed by atoms with E-state index in [9.17, 15) is 9.59 Å². The normalized spacial score (nSPS) is 10.3. The molecule has 0 aliphatic heterocycles. The lowest BCUT2D eigenvalue weighted by molar-refractivity contribution is -0.129. The molecule has 2 rings (SSSR count). The minimum atomic E-state index is -0.337. The molecule has 0 bridgehead atoms. The molecule has 7 heteroatoms. The van der Waals surface area contributed by atoms with E-state index in [1.165, 1.54) is 0 Å². The number of benzene rings is 1. The molecule has 2 amide bonds. The van der Waals surface area contributed by atoms with Crippen molar-refractivity contribution in [1.29, 1.82) is 0 Å². The smallest absolute Gasteiger partial charge is 0.260 e. The lowest BCUT2D eigenvalue weighted by Gasteiger charge is -2.08. The highest BCUT2D eigenvalue weighted by molar-refractivity contribution is 6.30. The second-order valence-electron chi connectivity index (χ2n) is 4.98. The van der Waals surface area contributed by atoms with Crippen LogP contribution in [0.25, 0.3) is 0 Å². The van der Waals surface area contributed by atoms with Gasteiger partial charge in [-0.1, -0.05) is 23.7 Å². The van der Waals surface area contributed by atoms with E-state index >= 15 is 0 Å². The van der Waals surface area contributed by atoms with Crippen LogP contribution in [0.2, 0.25) is 5.02 Å². The summed E-state index contributed by atoms with van der Waals surface area (Å²) in [4.78, 5) is 23.5. The Morgan fingerprint density at radius 3 is 2.36 bits per heavy atom. The van der Waals surface area contributed by atoms with E-state index in [0.717, 1.165) is 17.0 Å². The fraction of sp³-hybridized carbons (Fsp3) is 0.267. The summed E-state index contributed by atoms with van der Waals surface area (Å²) in [6.07, 6.45) is 0.164. The maximum Gasteiger partial charge on any atom is 0.260 e. The first-order valence-corrected chi connectivity index (χ1v) is 7.15. The Morgan fingerprint density at radius 2 is 1.77 bits per heavy atom. The highest BCUT2D eigenvalue weighted by atomic mass is 35.5. The Balaban J connectivity index is 1.79. The standard InChI is InChI=1S/C15H17ClN4O2/c1-10-7-11(2)20(19-10)9-15(22)18-17-14(21)8-12-3-5-13(16)6-4-12/h3-7H,8-9H2,1-2H3,(H,17,21)(H,18,22). The van der Waals surface area contributed by atoms with Gasteiger partial charge in [-0.15, -0.1) is 0 Å². The van der Waals surface area contributed by atoms with Crippen LogP contribution < -0.4 is 10.9 Å². The topological polar surface area (TPSA) is 76.0 Å². The number of aromatic nitrogens is 2. The van der Waals surface area contributed by atoms with Crippen molar-refractivity contribution in [2.45, 2.75) is 26.8 Å². The van der Waals surface area contributed by atoms with Crippen LogP contribution in [0.15, 0.2) is 30.3 Å². The molecule has 0 aliphatic carbocycles. The molecule has 6 nitrogen and oxygen atoms in total. The van der Waals surface area contributed by atoms with Gasteiger partial charge in [0.25, 0.3) is 5.91 Å². The number of halogens is 1. The number of amides is 2. The van der Waals surface area contributed by atoms with Crippen LogP contribution in [0.5, 0.6) is 0 Å². The molecule has 0 unspecified atom stereocenters. The zero-order valence-corrected chi connectivity index (χ0v) is 13.1. The van der Waals surface area contributed by atoms with Gasteiger partial charge in [0.15, 0.2) is 0 Å². The van der Waals surface area contributed by atoms with Gasteiger partial charge in [-0.05, 0) is 37.6 Å². The fourth-order valence-electron chi connectivity index (χ4n) is 1.98. The van der Waals surface area contributed by atoms with Crippen molar-refractivity contribution >= 4 is 23.4 Å². The average Bonchev–Trinajstić information content (AvgIpc) is 2.77. The van der Waals surface area contributed by atoms with Gasteiger partial charge >= 0.3 is 0 Å². The maximum absolute atomic E-state index is 11.8. The van der Waals surface area contributed by atoms with Gasteiger partial charge in [0.1, 0.15) is 6.54 Å². The van der Waals surface area contributed by atoms with E-state index in [1.807, 2.05) is 19.9 Å². The summed E-state index contributed by atoms with van der Waals surface area (Å²) in [5.74, 6) is -0.639. The first-order chi connectivity index (χ1) is 10.4. The van der Waals surface area contributed by atoms with Crippen molar-refractivity contribution in [3.8, 4) is 0 Å². The molecule has 116 valence electrons. The van der Waals surface area contributed by atoms with Gasteiger partial charge in [-0.2, -0.15) is 5.10 Å².